The van der Waals surface area contributed by atoms with Gasteiger partial charge in [-0.1, -0.05) is 53.5 Å². The fourth-order valence-electron chi connectivity index (χ4n) is 2.21. The molecule has 0 aliphatic rings. The Morgan fingerprint density at radius 1 is 1.15 bits per heavy atom. The number of sulfone groups is 1. The average molecular weight is 426 g/mol. The van der Waals surface area contributed by atoms with Crippen LogP contribution in [0.4, 0.5) is 16.4 Å². The second-order valence-electron chi connectivity index (χ2n) is 5.46. The molecule has 0 unspecified atom stereocenters. The third kappa shape index (κ3) is 4.38. The number of amides is 1. The van der Waals surface area contributed by atoms with Crippen molar-refractivity contribution in [3.8, 4) is 0 Å². The summed E-state index contributed by atoms with van der Waals surface area (Å²) in [6, 6.07) is 12.2. The van der Waals surface area contributed by atoms with Gasteiger partial charge in [0.25, 0.3) is 5.16 Å². The van der Waals surface area contributed by atoms with Crippen LogP contribution in [0.2, 0.25) is 10.0 Å². The molecule has 3 aromatic rings. The highest BCUT2D eigenvalue weighted by molar-refractivity contribution is 7.90. The Morgan fingerprint density at radius 2 is 1.85 bits per heavy atom. The fourth-order valence-corrected chi connectivity index (χ4v) is 3.74. The van der Waals surface area contributed by atoms with Gasteiger partial charge >= 0.3 is 6.03 Å². The maximum Gasteiger partial charge on any atom is 0.349 e. The lowest BCUT2D eigenvalue weighted by molar-refractivity contribution is 0.251. The molecule has 3 rings (SSSR count). The van der Waals surface area contributed by atoms with Gasteiger partial charge in [0.1, 0.15) is 0 Å². The van der Waals surface area contributed by atoms with E-state index in [1.165, 1.54) is 12.1 Å². The fraction of sp³-hybridized carbons (Fsp3) is 0.0625. The number of benzene rings is 2. The first kappa shape index (κ1) is 19.2. The van der Waals surface area contributed by atoms with Crippen LogP contribution in [0.3, 0.4) is 0 Å². The Bertz CT molecular complexity index is 1100. The van der Waals surface area contributed by atoms with E-state index in [0.29, 0.717) is 15.3 Å². The van der Waals surface area contributed by atoms with Gasteiger partial charge in [-0.15, -0.1) is 9.78 Å². The first-order chi connectivity index (χ1) is 12.8. The van der Waals surface area contributed by atoms with Crippen LogP contribution in [0.15, 0.2) is 53.7 Å². The van der Waals surface area contributed by atoms with Gasteiger partial charge in [0.05, 0.1) is 16.5 Å². The Hall–Kier alpha value is -2.62. The van der Waals surface area contributed by atoms with Crippen molar-refractivity contribution in [3.63, 3.8) is 0 Å². The largest absolute Gasteiger partial charge is 0.368 e. The third-order valence-electron chi connectivity index (χ3n) is 3.45. The van der Waals surface area contributed by atoms with Gasteiger partial charge in [-0.05, 0) is 23.8 Å². The molecular formula is C16H13Cl2N5O3S. The minimum Gasteiger partial charge on any atom is -0.368 e. The van der Waals surface area contributed by atoms with Crippen LogP contribution < -0.4 is 11.1 Å². The SMILES string of the molecule is Nc1nc(S(=O)(=O)Cc2ccccc2)nn1C(=O)Nc1cc(Cl)ccc1Cl. The third-order valence-corrected chi connectivity index (χ3v) is 5.46. The molecule has 0 atom stereocenters. The topological polar surface area (TPSA) is 120 Å². The van der Waals surface area contributed by atoms with E-state index in [4.69, 9.17) is 28.9 Å². The number of nitrogens with one attached hydrogen (secondary N) is 1. The number of nitrogens with two attached hydrogens (primary N) is 1. The van der Waals surface area contributed by atoms with Crippen LogP contribution in [-0.2, 0) is 15.6 Å². The van der Waals surface area contributed by atoms with E-state index in [-0.39, 0.29) is 22.4 Å². The minimum absolute atomic E-state index is 0.220. The minimum atomic E-state index is -3.89. The molecule has 0 fully saturated rings. The Kier molecular flexibility index (Phi) is 5.36. The van der Waals surface area contributed by atoms with Crippen molar-refractivity contribution in [3.05, 3.63) is 64.1 Å². The van der Waals surface area contributed by atoms with E-state index in [1.54, 1.807) is 36.4 Å². The molecule has 0 bridgehead atoms. The number of anilines is 2. The van der Waals surface area contributed by atoms with Crippen LogP contribution in [0.25, 0.3) is 0 Å². The number of nitrogen functional groups attached to an aromatic ring is 1. The highest BCUT2D eigenvalue weighted by atomic mass is 35.5. The summed E-state index contributed by atoms with van der Waals surface area (Å²) in [5.74, 6) is -0.698. The van der Waals surface area contributed by atoms with Gasteiger partial charge in [-0.25, -0.2) is 13.2 Å². The van der Waals surface area contributed by atoms with E-state index < -0.39 is 21.0 Å². The summed E-state index contributed by atoms with van der Waals surface area (Å²) in [7, 11) is -3.89. The molecule has 0 spiro atoms. The zero-order valence-corrected chi connectivity index (χ0v) is 16.0. The van der Waals surface area contributed by atoms with Crippen LogP contribution in [0.5, 0.6) is 0 Å². The molecule has 0 radical (unpaired) electrons. The Labute approximate surface area is 164 Å². The Morgan fingerprint density at radius 3 is 2.56 bits per heavy atom. The highest BCUT2D eigenvalue weighted by Crippen LogP contribution is 2.25. The van der Waals surface area contributed by atoms with Gasteiger partial charge in [-0.3, -0.25) is 0 Å². The standard InChI is InChI=1S/C16H13Cl2N5O3S/c17-11-6-7-12(18)13(8-11)20-16(24)23-14(19)21-15(22-23)27(25,26)9-10-4-2-1-3-5-10/h1-8H,9H2,(H,20,24)(H2,19,21,22). The molecule has 0 aliphatic carbocycles. The molecular weight excluding hydrogens is 413 g/mol. The molecule has 1 amide bonds. The molecule has 8 nitrogen and oxygen atoms in total. The molecule has 1 heterocycles. The lowest BCUT2D eigenvalue weighted by Gasteiger charge is -2.07. The summed E-state index contributed by atoms with van der Waals surface area (Å²) in [5, 5.41) is 6.23. The normalized spacial score (nSPS) is 11.3. The number of hydrogen-bond donors (Lipinski definition) is 2. The zero-order valence-electron chi connectivity index (χ0n) is 13.6. The Balaban J connectivity index is 1.85. The van der Waals surface area contributed by atoms with Gasteiger partial charge < -0.3 is 11.1 Å². The van der Waals surface area contributed by atoms with E-state index in [9.17, 15) is 13.2 Å². The number of carbonyl (C=O) groups excluding carboxylic acids is 1. The highest BCUT2D eigenvalue weighted by Gasteiger charge is 2.25. The smallest absolute Gasteiger partial charge is 0.349 e. The van der Waals surface area contributed by atoms with Crippen molar-refractivity contribution in [2.75, 3.05) is 11.1 Å². The van der Waals surface area contributed by atoms with Gasteiger partial charge in [0.2, 0.25) is 15.8 Å². The van der Waals surface area contributed by atoms with E-state index in [0.717, 1.165) is 0 Å². The zero-order chi connectivity index (χ0) is 19.6. The number of aromatic nitrogens is 3. The van der Waals surface area contributed by atoms with Crippen LogP contribution in [0, 0.1) is 0 Å². The van der Waals surface area contributed by atoms with Crippen LogP contribution >= 0.6 is 23.2 Å². The second kappa shape index (κ2) is 7.55. The number of carbonyl (C=O) groups is 1. The lowest BCUT2D eigenvalue weighted by atomic mass is 10.2. The van der Waals surface area contributed by atoms with Crippen LogP contribution in [-0.4, -0.2) is 29.2 Å². The van der Waals surface area contributed by atoms with Crippen LogP contribution in [0.1, 0.15) is 5.56 Å². The second-order valence-corrected chi connectivity index (χ2v) is 8.19. The molecule has 140 valence electrons. The summed E-state index contributed by atoms with van der Waals surface area (Å²) in [4.78, 5) is 16.1. The molecule has 2 aromatic carbocycles. The monoisotopic (exact) mass is 425 g/mol. The van der Waals surface area contributed by atoms with Crippen molar-refractivity contribution < 1.29 is 13.2 Å². The number of halogens is 2. The molecule has 0 saturated carbocycles. The molecule has 1 aromatic heterocycles. The van der Waals surface area contributed by atoms with Gasteiger partial charge in [-0.2, -0.15) is 4.98 Å². The van der Waals surface area contributed by atoms with Crippen molar-refractivity contribution in [1.29, 1.82) is 0 Å². The lowest BCUT2D eigenvalue weighted by Crippen LogP contribution is -2.23. The van der Waals surface area contributed by atoms with Gasteiger partial charge in [0.15, 0.2) is 0 Å². The van der Waals surface area contributed by atoms with Crippen molar-refractivity contribution >= 4 is 50.7 Å². The van der Waals surface area contributed by atoms with Crippen molar-refractivity contribution in [2.24, 2.45) is 0 Å². The first-order valence-electron chi connectivity index (χ1n) is 7.52. The molecule has 3 N–H and O–H groups in total. The molecule has 27 heavy (non-hydrogen) atoms. The summed E-state index contributed by atoms with van der Waals surface area (Å²) in [6.07, 6.45) is 0. The molecule has 0 aliphatic heterocycles. The van der Waals surface area contributed by atoms with Crippen molar-refractivity contribution in [2.45, 2.75) is 10.9 Å². The molecule has 0 saturated heterocycles. The average Bonchev–Trinajstić information content (AvgIpc) is 3.01. The predicted octanol–water partition coefficient (Wildman–Crippen LogP) is 3.22. The van der Waals surface area contributed by atoms with Gasteiger partial charge in [0, 0.05) is 5.02 Å². The van der Waals surface area contributed by atoms with E-state index in [1.807, 2.05) is 0 Å². The first-order valence-corrected chi connectivity index (χ1v) is 9.93. The summed E-state index contributed by atoms with van der Waals surface area (Å²) in [5.41, 5.74) is 6.44. The maximum absolute atomic E-state index is 12.5. The van der Waals surface area contributed by atoms with E-state index in [2.05, 4.69) is 15.4 Å². The predicted molar refractivity (Wildman–Crippen MR) is 103 cm³/mol. The summed E-state index contributed by atoms with van der Waals surface area (Å²) in [6.45, 7) is 0. The van der Waals surface area contributed by atoms with Crippen molar-refractivity contribution in [1.82, 2.24) is 14.8 Å². The number of nitrogens with zero attached hydrogens (tertiary/aromatic N) is 3. The maximum atomic E-state index is 12.5. The quantitative estimate of drug-likeness (QED) is 0.661. The summed E-state index contributed by atoms with van der Waals surface area (Å²) < 4.78 is 25.6. The number of rotatable bonds is 4. The number of hydrogen-bond acceptors (Lipinski definition) is 6. The summed E-state index contributed by atoms with van der Waals surface area (Å²) >= 11 is 11.9. The molecule has 11 heteroatoms. The van der Waals surface area contributed by atoms with E-state index >= 15 is 0 Å².